The van der Waals surface area contributed by atoms with Gasteiger partial charge in [0.2, 0.25) is 0 Å². The molecule has 5 unspecified atom stereocenters. The maximum Gasteiger partial charge on any atom is 0.508 e. The molecule has 0 spiro atoms. The van der Waals surface area contributed by atoms with E-state index in [4.69, 9.17) is 90.3 Å². The first-order valence-electron chi connectivity index (χ1n) is 41.0. The average molecular weight is 1660 g/mol. The van der Waals surface area contributed by atoms with Crippen LogP contribution in [0, 0.1) is 0 Å². The second kappa shape index (κ2) is 82.1. The average Bonchev–Trinajstić information content (AvgIpc) is 1.37. The Morgan fingerprint density at radius 2 is 0.632 bits per heavy atom. The van der Waals surface area contributed by atoms with E-state index in [2.05, 4.69) is 85.9 Å². The minimum absolute atomic E-state index is 0.161. The topological polar surface area (TPSA) is 641 Å². The lowest BCUT2D eigenvalue weighted by Gasteiger charge is -2.30. The molecule has 43 heteroatoms. The van der Waals surface area contributed by atoms with Crippen LogP contribution in [0.1, 0.15) is 51.4 Å². The van der Waals surface area contributed by atoms with E-state index in [1.807, 2.05) is 0 Å². The van der Waals surface area contributed by atoms with Gasteiger partial charge in [0.15, 0.2) is 6.10 Å². The van der Waals surface area contributed by atoms with Gasteiger partial charge >= 0.3 is 30.4 Å². The third-order valence-electron chi connectivity index (χ3n) is 17.6. The fourth-order valence-electron chi connectivity index (χ4n) is 11.0. The number of nitrogens with two attached hydrogens (primary N) is 8. The number of rotatable bonds is 78. The monoisotopic (exact) mass is 1650 g/mol. The third-order valence-corrected chi connectivity index (χ3v) is 17.6. The van der Waals surface area contributed by atoms with Crippen molar-refractivity contribution >= 4 is 30.4 Å². The number of aliphatic hydroxyl groups excluding tert-OH is 9. The third kappa shape index (κ3) is 71.5. The van der Waals surface area contributed by atoms with Crippen molar-refractivity contribution in [2.24, 2.45) is 45.9 Å². The summed E-state index contributed by atoms with van der Waals surface area (Å²) in [5.41, 5.74) is 46.2. The van der Waals surface area contributed by atoms with Gasteiger partial charge in [-0.05, 0) is 58.3 Å². The Morgan fingerprint density at radius 3 is 0.956 bits per heavy atom. The van der Waals surface area contributed by atoms with Crippen LogP contribution >= 0.6 is 0 Å². The summed E-state index contributed by atoms with van der Waals surface area (Å²) in [7, 11) is 0. The van der Waals surface area contributed by atoms with Gasteiger partial charge in [-0.2, -0.15) is 0 Å². The molecule has 1 aliphatic heterocycles. The van der Waals surface area contributed by atoms with Crippen molar-refractivity contribution in [3.63, 3.8) is 0 Å². The highest BCUT2D eigenvalue weighted by atomic mass is 16.8. The number of unbranched alkanes of at least 4 members (excludes halogenated alkanes) is 4. The molecule has 678 valence electrons. The van der Waals surface area contributed by atoms with E-state index in [9.17, 15) is 44.4 Å². The summed E-state index contributed by atoms with van der Waals surface area (Å²) in [6, 6.07) is 0. The van der Waals surface area contributed by atoms with Crippen molar-refractivity contribution in [3.8, 4) is 0 Å². The summed E-state index contributed by atoms with van der Waals surface area (Å²) in [5, 5.41) is 104. The van der Waals surface area contributed by atoms with E-state index in [0.29, 0.717) is 157 Å². The lowest BCUT2D eigenvalue weighted by molar-refractivity contribution is -0.147. The quantitative estimate of drug-likeness (QED) is 0.0153. The van der Waals surface area contributed by atoms with Gasteiger partial charge in [0.1, 0.15) is 57.5 Å². The van der Waals surface area contributed by atoms with Crippen LogP contribution in [0.4, 0.5) is 19.2 Å². The number of amides is 3. The van der Waals surface area contributed by atoms with Crippen molar-refractivity contribution in [1.29, 1.82) is 0 Å². The van der Waals surface area contributed by atoms with Gasteiger partial charge in [-0.15, -0.1) is 0 Å². The highest BCUT2D eigenvalue weighted by Gasteiger charge is 2.24. The summed E-state index contributed by atoms with van der Waals surface area (Å²) in [5.74, 6) is -0.455. The van der Waals surface area contributed by atoms with E-state index in [0.717, 1.165) is 150 Å². The summed E-state index contributed by atoms with van der Waals surface area (Å²) >= 11 is 0. The van der Waals surface area contributed by atoms with Crippen LogP contribution in [-0.2, 0) is 33.2 Å². The molecule has 0 saturated carbocycles. The number of carbonyl (C=O) groups excluding carboxylic acids is 5. The standard InChI is InChI=1S/C42H89N11O16.C25H64N12.C4H6O4/c43-6-16-51(21-13-48-41(64)68-33-37(60)29-56)18-11-46-12-20-53(19-10-45-8-4-5-39(62)66-31-35(58)27-54)26-24-50(15-3-1-2-9-47-40(63)67-32-36(59)28-55)23-25-52(17-7-44)22-14-49-42(65)69-34-38(61)30-57;26-4-2-1-3-14-34(22-24-36(17-8-30)18-9-31)23-25-37(20-11-32-10-5-27)21-13-33-12-19-35(15-6-28)16-7-29;5-1-3-2-7-4(6)8-3/h35-38,45-46,54-61H,1-34,43-44H2,(H,47,63)(H,48,64)(H,49,65);32-33H,1-31H2;3,5H,1-2H2. The molecule has 1 heterocycles. The van der Waals surface area contributed by atoms with E-state index >= 15 is 0 Å². The molecule has 0 aliphatic carbocycles. The molecule has 5 atom stereocenters. The molecule has 43 nitrogen and oxygen atoms in total. The van der Waals surface area contributed by atoms with E-state index in [1.54, 1.807) is 0 Å². The Bertz CT molecular complexity index is 2170. The predicted molar refractivity (Wildman–Crippen MR) is 437 cm³/mol. The Kier molecular flexibility index (Phi) is 80.3. The number of hydrogen-bond donors (Lipinski definition) is 24. The van der Waals surface area contributed by atoms with Crippen molar-refractivity contribution in [1.82, 2.24) is 76.4 Å². The van der Waals surface area contributed by atoms with Crippen LogP contribution in [0.5, 0.6) is 0 Å². The molecule has 0 aromatic heterocycles. The van der Waals surface area contributed by atoms with Crippen LogP contribution < -0.4 is 83.1 Å². The first-order chi connectivity index (χ1) is 55.3. The van der Waals surface area contributed by atoms with Crippen LogP contribution in [-0.4, -0.2) is 494 Å². The molecule has 0 radical (unpaired) electrons. The smallest absolute Gasteiger partial charge is 0.463 e. The van der Waals surface area contributed by atoms with Crippen molar-refractivity contribution in [3.05, 3.63) is 0 Å². The fourth-order valence-corrected chi connectivity index (χ4v) is 11.0. The van der Waals surface area contributed by atoms with Gasteiger partial charge in [0.05, 0.1) is 33.0 Å². The number of nitrogens with zero attached hydrogens (tertiary/aromatic N) is 8. The highest BCUT2D eigenvalue weighted by molar-refractivity contribution is 5.69. The summed E-state index contributed by atoms with van der Waals surface area (Å²) in [4.78, 5) is 76.8. The molecule has 32 N–H and O–H groups in total. The molecule has 0 aromatic rings. The molecule has 3 amide bonds. The van der Waals surface area contributed by atoms with Crippen molar-refractivity contribution in [2.45, 2.75) is 81.9 Å². The molecule has 1 rings (SSSR count). The molecule has 1 fully saturated rings. The van der Waals surface area contributed by atoms with E-state index < -0.39 is 87.4 Å². The zero-order valence-corrected chi connectivity index (χ0v) is 68.7. The molecule has 114 heavy (non-hydrogen) atoms. The number of aliphatic hydroxyl groups is 9. The van der Waals surface area contributed by atoms with Crippen LogP contribution in [0.3, 0.4) is 0 Å². The lowest BCUT2D eigenvalue weighted by Crippen LogP contribution is -2.45. The molecular formula is C71H159N23O20. The minimum atomic E-state index is -1.16. The Balaban J connectivity index is 0. The normalized spacial score (nSPS) is 13.9. The first kappa shape index (κ1) is 111. The number of nitrogens with one attached hydrogen (secondary N) is 7. The predicted octanol–water partition coefficient (Wildman–Crippen LogP) is -10.8. The Morgan fingerprint density at radius 1 is 0.333 bits per heavy atom. The molecular weight excluding hydrogens is 1490 g/mol. The van der Waals surface area contributed by atoms with Gasteiger partial charge in [-0.3, -0.25) is 34.2 Å². The summed E-state index contributed by atoms with van der Waals surface area (Å²) < 4.78 is 28.4. The van der Waals surface area contributed by atoms with Crippen molar-refractivity contribution in [2.75, 3.05) is 347 Å². The molecule has 0 aromatic carbocycles. The highest BCUT2D eigenvalue weighted by Crippen LogP contribution is 2.06. The number of alkyl carbamates (subject to hydrolysis) is 3. The second-order valence-electron chi connectivity index (χ2n) is 27.4. The number of esters is 1. The minimum Gasteiger partial charge on any atom is -0.463 e. The van der Waals surface area contributed by atoms with Gasteiger partial charge < -0.3 is 167 Å². The molecule has 1 aliphatic rings. The van der Waals surface area contributed by atoms with Crippen LogP contribution in [0.15, 0.2) is 0 Å². The zero-order valence-electron chi connectivity index (χ0n) is 68.7. The zero-order chi connectivity index (χ0) is 84.7. The maximum atomic E-state index is 12.1. The van der Waals surface area contributed by atoms with Crippen molar-refractivity contribution < 1.29 is 98.4 Å². The number of carbonyl (C=O) groups is 5. The maximum absolute atomic E-state index is 12.1. The van der Waals surface area contributed by atoms with Gasteiger partial charge in [-0.1, -0.05) is 12.8 Å². The Labute approximate surface area is 678 Å². The first-order valence-corrected chi connectivity index (χ1v) is 41.0. The van der Waals surface area contributed by atoms with Crippen LogP contribution in [0.2, 0.25) is 0 Å². The molecule has 0 bridgehead atoms. The largest absolute Gasteiger partial charge is 0.508 e. The van der Waals surface area contributed by atoms with Gasteiger partial charge in [-0.25, -0.2) is 19.2 Å². The fraction of sp³-hybridized carbons (Fsp3) is 0.930. The number of hydrogen-bond acceptors (Lipinski definition) is 40. The van der Waals surface area contributed by atoms with Gasteiger partial charge in [0.25, 0.3) is 0 Å². The number of ether oxygens (including phenoxy) is 6. The van der Waals surface area contributed by atoms with Gasteiger partial charge in [0, 0.05) is 262 Å². The summed E-state index contributed by atoms with van der Waals surface area (Å²) in [6.07, 6.45) is -1.27. The summed E-state index contributed by atoms with van der Waals surface area (Å²) in [6.45, 7) is 28.6. The van der Waals surface area contributed by atoms with Crippen LogP contribution in [0.25, 0.3) is 0 Å². The molecule has 1 saturated heterocycles. The lowest BCUT2D eigenvalue weighted by atomic mass is 10.2. The second-order valence-corrected chi connectivity index (χ2v) is 27.4. The van der Waals surface area contributed by atoms with E-state index in [-0.39, 0.29) is 52.6 Å². The number of cyclic esters (lactones) is 2. The SMILES string of the molecule is NCCCCCN(CCN(CCN)CCN)CCN(CCNCCN)CCNCCN(CCN)CCN.NCCN(CCNCCN(CCNCCCC(=O)OCC(O)CO)CCN(CCCCCNC(=O)OCC(O)CO)CCN(CCN)CCNC(=O)OCC(O)CO)CCNC(=O)OCC(O)CO.O=C1OCC(CO)O1. The van der Waals surface area contributed by atoms with E-state index in [1.165, 1.54) is 12.8 Å². The Hall–Kier alpha value is -4.61.